The van der Waals surface area contributed by atoms with Gasteiger partial charge in [0.2, 0.25) is 0 Å². The van der Waals surface area contributed by atoms with Gasteiger partial charge in [0.15, 0.2) is 0 Å². The molecule has 0 saturated carbocycles. The monoisotopic (exact) mass is 323 g/mol. The summed E-state index contributed by atoms with van der Waals surface area (Å²) in [5, 5.41) is 4.13. The summed E-state index contributed by atoms with van der Waals surface area (Å²) >= 11 is 3.52. The second kappa shape index (κ2) is 6.73. The van der Waals surface area contributed by atoms with Crippen LogP contribution in [-0.4, -0.2) is 22.9 Å². The minimum absolute atomic E-state index is 0.636. The highest BCUT2D eigenvalue weighted by molar-refractivity contribution is 9.10. The van der Waals surface area contributed by atoms with Gasteiger partial charge in [0, 0.05) is 29.8 Å². The molecule has 2 rings (SSSR count). The second-order valence-corrected chi connectivity index (χ2v) is 5.19. The SMILES string of the molecule is Cn1nccc1CCOc1ccc(Br)c(CCN)c1. The van der Waals surface area contributed by atoms with E-state index >= 15 is 0 Å². The Hall–Kier alpha value is -1.33. The molecule has 0 aliphatic rings. The molecule has 2 N–H and O–H groups in total. The molecule has 2 aromatic rings. The van der Waals surface area contributed by atoms with E-state index < -0.39 is 0 Å². The van der Waals surface area contributed by atoms with Gasteiger partial charge in [-0.25, -0.2) is 0 Å². The highest BCUT2D eigenvalue weighted by atomic mass is 79.9. The van der Waals surface area contributed by atoms with Crippen LogP contribution in [-0.2, 0) is 19.9 Å². The summed E-state index contributed by atoms with van der Waals surface area (Å²) in [4.78, 5) is 0. The van der Waals surface area contributed by atoms with Crippen LogP contribution in [0.3, 0.4) is 0 Å². The first-order valence-electron chi connectivity index (χ1n) is 6.29. The van der Waals surface area contributed by atoms with E-state index in [4.69, 9.17) is 10.5 Å². The molecular formula is C14H18BrN3O. The number of rotatable bonds is 6. The van der Waals surface area contributed by atoms with Crippen molar-refractivity contribution in [1.82, 2.24) is 9.78 Å². The molecular weight excluding hydrogens is 306 g/mol. The van der Waals surface area contributed by atoms with Crippen molar-refractivity contribution in [2.75, 3.05) is 13.2 Å². The summed E-state index contributed by atoms with van der Waals surface area (Å²) in [5.74, 6) is 0.883. The number of ether oxygens (including phenoxy) is 1. The molecule has 0 amide bonds. The molecule has 0 aliphatic heterocycles. The first-order valence-corrected chi connectivity index (χ1v) is 7.08. The van der Waals surface area contributed by atoms with Gasteiger partial charge in [0.25, 0.3) is 0 Å². The van der Waals surface area contributed by atoms with Crippen molar-refractivity contribution in [1.29, 1.82) is 0 Å². The summed E-state index contributed by atoms with van der Waals surface area (Å²) in [6, 6.07) is 8.02. The molecule has 4 nitrogen and oxygen atoms in total. The smallest absolute Gasteiger partial charge is 0.119 e. The van der Waals surface area contributed by atoms with Gasteiger partial charge in [-0.15, -0.1) is 0 Å². The average Bonchev–Trinajstić information content (AvgIpc) is 2.79. The lowest BCUT2D eigenvalue weighted by molar-refractivity contribution is 0.318. The van der Waals surface area contributed by atoms with Gasteiger partial charge in [-0.2, -0.15) is 5.10 Å². The average molecular weight is 324 g/mol. The van der Waals surface area contributed by atoms with E-state index in [1.54, 1.807) is 6.20 Å². The fourth-order valence-electron chi connectivity index (χ4n) is 1.91. The Morgan fingerprint density at radius 1 is 1.32 bits per heavy atom. The summed E-state index contributed by atoms with van der Waals surface area (Å²) < 4.78 is 8.72. The van der Waals surface area contributed by atoms with Crippen molar-refractivity contribution in [2.24, 2.45) is 12.8 Å². The highest BCUT2D eigenvalue weighted by Gasteiger charge is 2.03. The summed E-state index contributed by atoms with van der Waals surface area (Å²) in [6.45, 7) is 1.28. The normalized spacial score (nSPS) is 10.7. The fourth-order valence-corrected chi connectivity index (χ4v) is 2.35. The maximum Gasteiger partial charge on any atom is 0.119 e. The van der Waals surface area contributed by atoms with Crippen LogP contribution in [0.2, 0.25) is 0 Å². The molecule has 0 spiro atoms. The van der Waals surface area contributed by atoms with Gasteiger partial charge >= 0.3 is 0 Å². The number of aromatic nitrogens is 2. The number of halogens is 1. The Balaban J connectivity index is 1.92. The number of benzene rings is 1. The van der Waals surface area contributed by atoms with Crippen LogP contribution in [0.15, 0.2) is 34.9 Å². The molecule has 102 valence electrons. The Kier molecular flexibility index (Phi) is 4.99. The number of nitrogens with two attached hydrogens (primary N) is 1. The van der Waals surface area contributed by atoms with Crippen LogP contribution >= 0.6 is 15.9 Å². The third-order valence-electron chi connectivity index (χ3n) is 2.98. The Bertz CT molecular complexity index is 539. The maximum absolute atomic E-state index is 5.77. The zero-order chi connectivity index (χ0) is 13.7. The zero-order valence-electron chi connectivity index (χ0n) is 11.0. The fraction of sp³-hybridized carbons (Fsp3) is 0.357. The van der Waals surface area contributed by atoms with E-state index in [9.17, 15) is 0 Å². The Morgan fingerprint density at radius 2 is 2.16 bits per heavy atom. The van der Waals surface area contributed by atoms with Crippen LogP contribution in [0.1, 0.15) is 11.3 Å². The maximum atomic E-state index is 5.77. The van der Waals surface area contributed by atoms with Gasteiger partial charge in [0.1, 0.15) is 5.75 Å². The van der Waals surface area contributed by atoms with Crippen LogP contribution < -0.4 is 10.5 Å². The van der Waals surface area contributed by atoms with Gasteiger partial charge in [-0.3, -0.25) is 4.68 Å². The van der Waals surface area contributed by atoms with Crippen molar-refractivity contribution in [3.63, 3.8) is 0 Å². The van der Waals surface area contributed by atoms with Crippen LogP contribution in [0.4, 0.5) is 0 Å². The predicted octanol–water partition coefficient (Wildman–Crippen LogP) is 2.31. The Labute approximate surface area is 121 Å². The summed E-state index contributed by atoms with van der Waals surface area (Å²) in [5.41, 5.74) is 7.94. The predicted molar refractivity (Wildman–Crippen MR) is 79.3 cm³/mol. The number of hydrogen-bond donors (Lipinski definition) is 1. The van der Waals surface area contributed by atoms with Gasteiger partial charge in [-0.1, -0.05) is 15.9 Å². The van der Waals surface area contributed by atoms with E-state index in [1.165, 1.54) is 11.3 Å². The molecule has 0 radical (unpaired) electrons. The van der Waals surface area contributed by atoms with Crippen molar-refractivity contribution in [3.8, 4) is 5.75 Å². The van der Waals surface area contributed by atoms with Gasteiger partial charge in [0.05, 0.1) is 6.61 Å². The lowest BCUT2D eigenvalue weighted by atomic mass is 10.1. The molecule has 0 bridgehead atoms. The minimum Gasteiger partial charge on any atom is -0.493 e. The van der Waals surface area contributed by atoms with Crippen molar-refractivity contribution in [3.05, 3.63) is 46.2 Å². The Morgan fingerprint density at radius 3 is 2.84 bits per heavy atom. The summed E-state index contributed by atoms with van der Waals surface area (Å²) in [6.07, 6.45) is 3.49. The molecule has 1 heterocycles. The highest BCUT2D eigenvalue weighted by Crippen LogP contribution is 2.23. The molecule has 1 aromatic heterocycles. The number of aryl methyl sites for hydroxylation is 1. The van der Waals surface area contributed by atoms with Crippen molar-refractivity contribution < 1.29 is 4.74 Å². The van der Waals surface area contributed by atoms with E-state index in [-0.39, 0.29) is 0 Å². The first-order chi connectivity index (χ1) is 9.20. The van der Waals surface area contributed by atoms with Gasteiger partial charge < -0.3 is 10.5 Å². The van der Waals surface area contributed by atoms with E-state index in [2.05, 4.69) is 21.0 Å². The topological polar surface area (TPSA) is 53.1 Å². The van der Waals surface area contributed by atoms with Crippen LogP contribution in [0.5, 0.6) is 5.75 Å². The van der Waals surface area contributed by atoms with Crippen molar-refractivity contribution in [2.45, 2.75) is 12.8 Å². The molecule has 19 heavy (non-hydrogen) atoms. The quantitative estimate of drug-likeness (QED) is 0.887. The number of nitrogens with zero attached hydrogens (tertiary/aromatic N) is 2. The lowest BCUT2D eigenvalue weighted by Gasteiger charge is -2.09. The lowest BCUT2D eigenvalue weighted by Crippen LogP contribution is -2.07. The summed E-state index contributed by atoms with van der Waals surface area (Å²) in [7, 11) is 1.94. The molecule has 5 heteroatoms. The molecule has 0 aliphatic carbocycles. The number of hydrogen-bond acceptors (Lipinski definition) is 3. The standard InChI is InChI=1S/C14H18BrN3O/c1-18-12(5-8-17-18)6-9-19-13-2-3-14(15)11(10-13)4-7-16/h2-3,5,8,10H,4,6-7,9,16H2,1H3. The van der Waals surface area contributed by atoms with E-state index in [0.29, 0.717) is 13.2 Å². The second-order valence-electron chi connectivity index (χ2n) is 4.34. The third kappa shape index (κ3) is 3.81. The minimum atomic E-state index is 0.636. The van der Waals surface area contributed by atoms with Gasteiger partial charge in [-0.05, 0) is 42.8 Å². The van der Waals surface area contributed by atoms with Crippen molar-refractivity contribution >= 4 is 15.9 Å². The van der Waals surface area contributed by atoms with E-state index in [1.807, 2.05) is 36.0 Å². The largest absolute Gasteiger partial charge is 0.493 e. The zero-order valence-corrected chi connectivity index (χ0v) is 12.6. The molecule has 0 unspecified atom stereocenters. The third-order valence-corrected chi connectivity index (χ3v) is 3.75. The molecule has 0 fully saturated rings. The van der Waals surface area contributed by atoms with E-state index in [0.717, 1.165) is 23.1 Å². The molecule has 1 aromatic carbocycles. The van der Waals surface area contributed by atoms with Crippen LogP contribution in [0.25, 0.3) is 0 Å². The molecule has 0 saturated heterocycles. The van der Waals surface area contributed by atoms with Crippen LogP contribution in [0, 0.1) is 0 Å². The molecule has 0 atom stereocenters. The first kappa shape index (κ1) is 14.1.